The van der Waals surface area contributed by atoms with Gasteiger partial charge in [0.15, 0.2) is 0 Å². The van der Waals surface area contributed by atoms with Crippen LogP contribution in [0.25, 0.3) is 0 Å². The van der Waals surface area contributed by atoms with Crippen LogP contribution in [0.1, 0.15) is 28.4 Å². The van der Waals surface area contributed by atoms with Crippen LogP contribution in [-0.2, 0) is 4.79 Å². The highest BCUT2D eigenvalue weighted by Crippen LogP contribution is 2.33. The summed E-state index contributed by atoms with van der Waals surface area (Å²) in [7, 11) is 0. The molecule has 1 unspecified atom stereocenters. The van der Waals surface area contributed by atoms with Crippen molar-refractivity contribution in [2.45, 2.75) is 20.8 Å². The molecule has 3 nitrogen and oxygen atoms in total. The maximum atomic E-state index is 12.0. The van der Waals surface area contributed by atoms with E-state index in [1.165, 1.54) is 0 Å². The quantitative estimate of drug-likeness (QED) is 0.636. The first-order valence-corrected chi connectivity index (χ1v) is 7.11. The van der Waals surface area contributed by atoms with E-state index in [-0.39, 0.29) is 5.78 Å². The molecule has 0 aliphatic carbocycles. The van der Waals surface area contributed by atoms with Crippen LogP contribution in [0.2, 0.25) is 0 Å². The van der Waals surface area contributed by atoms with Crippen molar-refractivity contribution in [3.05, 3.63) is 28.8 Å². The minimum absolute atomic E-state index is 0.313. The Morgan fingerprint density at radius 3 is 2.56 bits per heavy atom. The third-order valence-electron chi connectivity index (χ3n) is 3.17. The van der Waals surface area contributed by atoms with Crippen LogP contribution in [0.4, 0.5) is 5.69 Å². The molecule has 1 aliphatic heterocycles. The summed E-state index contributed by atoms with van der Waals surface area (Å²) in [5.74, 6) is -0.454. The van der Waals surface area contributed by atoms with Gasteiger partial charge in [-0.05, 0) is 37.0 Å². The van der Waals surface area contributed by atoms with Crippen molar-refractivity contribution >= 4 is 33.3 Å². The fraction of sp³-hybridized carbons (Fsp3) is 0.429. The smallest absolute Gasteiger partial charge is 0.299 e. The van der Waals surface area contributed by atoms with E-state index in [2.05, 4.69) is 15.9 Å². The van der Waals surface area contributed by atoms with E-state index in [0.29, 0.717) is 18.0 Å². The van der Waals surface area contributed by atoms with Crippen LogP contribution in [0.3, 0.4) is 0 Å². The number of halogens is 1. The van der Waals surface area contributed by atoms with Crippen molar-refractivity contribution in [3.63, 3.8) is 0 Å². The predicted octanol–water partition coefficient (Wildman–Crippen LogP) is 2.86. The number of anilines is 1. The van der Waals surface area contributed by atoms with Gasteiger partial charge in [-0.3, -0.25) is 9.59 Å². The van der Waals surface area contributed by atoms with E-state index >= 15 is 0 Å². The minimum atomic E-state index is -0.397. The number of hydrogen-bond donors (Lipinski definition) is 0. The van der Waals surface area contributed by atoms with Crippen LogP contribution in [0.5, 0.6) is 0 Å². The largest absolute Gasteiger partial charge is 0.304 e. The van der Waals surface area contributed by atoms with Crippen molar-refractivity contribution < 1.29 is 9.59 Å². The summed E-state index contributed by atoms with van der Waals surface area (Å²) < 4.78 is 0. The number of Topliss-reactive ketones (excluding diaryl/α,β-unsaturated/α-hetero) is 1. The number of carbonyl (C=O) groups excluding carboxylic acids is 2. The number of benzene rings is 1. The zero-order valence-electron chi connectivity index (χ0n) is 10.8. The van der Waals surface area contributed by atoms with Gasteiger partial charge >= 0.3 is 0 Å². The average Bonchev–Trinajstić information content (AvgIpc) is 2.54. The third-order valence-corrected chi connectivity index (χ3v) is 4.28. The van der Waals surface area contributed by atoms with Gasteiger partial charge in [-0.2, -0.15) is 0 Å². The van der Waals surface area contributed by atoms with Gasteiger partial charge < -0.3 is 4.90 Å². The lowest BCUT2D eigenvalue weighted by atomic mass is 10.0. The van der Waals surface area contributed by atoms with Gasteiger partial charge in [0.25, 0.3) is 11.7 Å². The zero-order chi connectivity index (χ0) is 13.4. The van der Waals surface area contributed by atoms with Gasteiger partial charge in [-0.25, -0.2) is 0 Å². The SMILES string of the molecule is Cc1cc(C)c2c(c1)N(CC(C)CBr)C(=O)C2=O. The molecule has 0 spiro atoms. The van der Waals surface area contributed by atoms with Crippen molar-refractivity contribution in [1.82, 2.24) is 0 Å². The summed E-state index contributed by atoms with van der Waals surface area (Å²) >= 11 is 3.40. The fourth-order valence-corrected chi connectivity index (χ4v) is 2.54. The number of rotatable bonds is 3. The molecule has 96 valence electrons. The van der Waals surface area contributed by atoms with Gasteiger partial charge in [0.1, 0.15) is 0 Å². The lowest BCUT2D eigenvalue weighted by molar-refractivity contribution is -0.114. The van der Waals surface area contributed by atoms with E-state index in [4.69, 9.17) is 0 Å². The first-order chi connectivity index (χ1) is 8.45. The first kappa shape index (κ1) is 13.3. The van der Waals surface area contributed by atoms with E-state index in [9.17, 15) is 9.59 Å². The number of amides is 1. The number of alkyl halides is 1. The summed E-state index contributed by atoms with van der Waals surface area (Å²) in [6.45, 7) is 6.49. The highest BCUT2D eigenvalue weighted by atomic mass is 79.9. The van der Waals surface area contributed by atoms with Crippen LogP contribution >= 0.6 is 15.9 Å². The topological polar surface area (TPSA) is 37.4 Å². The third kappa shape index (κ3) is 2.09. The van der Waals surface area contributed by atoms with E-state index in [1.807, 2.05) is 32.9 Å². The molecule has 0 fully saturated rings. The number of fused-ring (bicyclic) bond motifs is 1. The van der Waals surface area contributed by atoms with Crippen molar-refractivity contribution in [2.24, 2.45) is 5.92 Å². The zero-order valence-corrected chi connectivity index (χ0v) is 12.4. The molecule has 0 radical (unpaired) electrons. The molecule has 1 heterocycles. The Morgan fingerprint density at radius 2 is 1.94 bits per heavy atom. The molecule has 1 amide bonds. The summed E-state index contributed by atoms with van der Waals surface area (Å²) in [6.07, 6.45) is 0. The lowest BCUT2D eigenvalue weighted by Crippen LogP contribution is -2.34. The van der Waals surface area contributed by atoms with Gasteiger partial charge in [-0.1, -0.05) is 28.9 Å². The molecule has 0 saturated heterocycles. The maximum Gasteiger partial charge on any atom is 0.299 e. The van der Waals surface area contributed by atoms with Gasteiger partial charge in [0, 0.05) is 11.9 Å². The molecule has 0 aromatic heterocycles. The number of carbonyl (C=O) groups is 2. The Labute approximate surface area is 115 Å². The highest BCUT2D eigenvalue weighted by Gasteiger charge is 2.37. The van der Waals surface area contributed by atoms with Crippen LogP contribution in [0, 0.1) is 19.8 Å². The van der Waals surface area contributed by atoms with Gasteiger partial charge in [0.05, 0.1) is 11.3 Å². The Hall–Kier alpha value is -1.16. The summed E-state index contributed by atoms with van der Waals surface area (Å²) in [4.78, 5) is 25.7. The van der Waals surface area contributed by atoms with Gasteiger partial charge in [0.2, 0.25) is 0 Å². The molecule has 1 aromatic carbocycles. The Balaban J connectivity index is 2.48. The first-order valence-electron chi connectivity index (χ1n) is 5.99. The van der Waals surface area contributed by atoms with Gasteiger partial charge in [-0.15, -0.1) is 0 Å². The van der Waals surface area contributed by atoms with Crippen LogP contribution in [0.15, 0.2) is 12.1 Å². The maximum absolute atomic E-state index is 12.0. The molecular formula is C14H16BrNO2. The van der Waals surface area contributed by atoms with E-state index in [1.54, 1.807) is 4.90 Å². The number of hydrogen-bond acceptors (Lipinski definition) is 2. The molecule has 0 N–H and O–H groups in total. The number of nitrogens with zero attached hydrogens (tertiary/aromatic N) is 1. The predicted molar refractivity (Wildman–Crippen MR) is 75.6 cm³/mol. The van der Waals surface area contributed by atoms with Crippen molar-refractivity contribution in [2.75, 3.05) is 16.8 Å². The second-order valence-electron chi connectivity index (χ2n) is 4.98. The molecule has 2 rings (SSSR count). The highest BCUT2D eigenvalue weighted by molar-refractivity contribution is 9.09. The summed E-state index contributed by atoms with van der Waals surface area (Å²) in [6, 6.07) is 3.87. The van der Waals surface area contributed by atoms with Crippen molar-refractivity contribution in [3.8, 4) is 0 Å². The molecule has 18 heavy (non-hydrogen) atoms. The van der Waals surface area contributed by atoms with Crippen LogP contribution in [-0.4, -0.2) is 23.6 Å². The van der Waals surface area contributed by atoms with Crippen LogP contribution < -0.4 is 4.90 Å². The summed E-state index contributed by atoms with van der Waals surface area (Å²) in [5, 5.41) is 0.811. The normalized spacial score (nSPS) is 16.1. The molecule has 1 aromatic rings. The molecular weight excluding hydrogens is 294 g/mol. The van der Waals surface area contributed by atoms with Crippen molar-refractivity contribution in [1.29, 1.82) is 0 Å². The standard InChI is InChI=1S/C14H16BrNO2/c1-8-4-10(3)12-11(5-8)16(7-9(2)6-15)14(18)13(12)17/h4-5,9H,6-7H2,1-3H3. The van der Waals surface area contributed by atoms with E-state index < -0.39 is 5.91 Å². The molecule has 1 aliphatic rings. The number of aryl methyl sites for hydroxylation is 2. The Morgan fingerprint density at radius 1 is 1.28 bits per heavy atom. The Bertz CT molecular complexity index is 525. The second-order valence-corrected chi connectivity index (χ2v) is 5.63. The molecule has 4 heteroatoms. The molecule has 0 saturated carbocycles. The minimum Gasteiger partial charge on any atom is -0.304 e. The number of ketones is 1. The lowest BCUT2D eigenvalue weighted by Gasteiger charge is -2.20. The molecule has 1 atom stereocenters. The summed E-state index contributed by atoms with van der Waals surface area (Å²) in [5.41, 5.74) is 3.31. The molecule has 0 bridgehead atoms. The monoisotopic (exact) mass is 309 g/mol. The second kappa shape index (κ2) is 4.84. The van der Waals surface area contributed by atoms with E-state index in [0.717, 1.165) is 22.1 Å². The Kier molecular flexibility index (Phi) is 3.57. The fourth-order valence-electron chi connectivity index (χ4n) is 2.33. The average molecular weight is 310 g/mol.